The smallest absolute Gasteiger partial charge is 0.145 e. The van der Waals surface area contributed by atoms with Crippen molar-refractivity contribution in [3.8, 4) is 5.75 Å². The number of benzene rings is 1. The Labute approximate surface area is 115 Å². The average Bonchev–Trinajstić information content (AvgIpc) is 2.68. The fraction of sp³-hybridized carbons (Fsp3) is 0.308. The van der Waals surface area contributed by atoms with Crippen LogP contribution in [0, 0.1) is 6.92 Å². The summed E-state index contributed by atoms with van der Waals surface area (Å²) in [6.07, 6.45) is 2.60. The van der Waals surface area contributed by atoms with Crippen molar-refractivity contribution in [1.82, 2.24) is 9.78 Å². The molecule has 18 heavy (non-hydrogen) atoms. The van der Waals surface area contributed by atoms with Gasteiger partial charge in [-0.05, 0) is 30.7 Å². The van der Waals surface area contributed by atoms with E-state index in [0.717, 1.165) is 27.9 Å². The number of ether oxygens (including phenoxy) is 1. The standard InChI is InChI=1S/C13H16BrN3O/c1-9-7-10(14)8-12(15)13(9)18-6-4-11-3-5-16-17(11)2/h3,5,7-8H,4,6,15H2,1-2H3. The van der Waals surface area contributed by atoms with E-state index in [2.05, 4.69) is 21.0 Å². The van der Waals surface area contributed by atoms with E-state index in [9.17, 15) is 0 Å². The Balaban J connectivity index is 2.01. The molecule has 0 aliphatic rings. The third kappa shape index (κ3) is 2.85. The van der Waals surface area contributed by atoms with E-state index in [1.807, 2.05) is 36.9 Å². The molecule has 2 N–H and O–H groups in total. The topological polar surface area (TPSA) is 53.1 Å². The Hall–Kier alpha value is -1.49. The van der Waals surface area contributed by atoms with Gasteiger partial charge in [0, 0.05) is 29.8 Å². The van der Waals surface area contributed by atoms with E-state index in [0.29, 0.717) is 12.3 Å². The summed E-state index contributed by atoms with van der Waals surface area (Å²) >= 11 is 3.41. The van der Waals surface area contributed by atoms with Gasteiger partial charge in [0.15, 0.2) is 0 Å². The number of rotatable bonds is 4. The van der Waals surface area contributed by atoms with E-state index >= 15 is 0 Å². The third-order valence-corrected chi connectivity index (χ3v) is 3.25. The van der Waals surface area contributed by atoms with Crippen LogP contribution < -0.4 is 10.5 Å². The molecule has 0 spiro atoms. The molecule has 0 aliphatic carbocycles. The Morgan fingerprint density at radius 3 is 2.83 bits per heavy atom. The van der Waals surface area contributed by atoms with Crippen molar-refractivity contribution < 1.29 is 4.74 Å². The van der Waals surface area contributed by atoms with Crippen molar-refractivity contribution in [2.24, 2.45) is 7.05 Å². The molecule has 1 aromatic heterocycles. The van der Waals surface area contributed by atoms with Crippen LogP contribution in [0.1, 0.15) is 11.3 Å². The summed E-state index contributed by atoms with van der Waals surface area (Å²) < 4.78 is 8.58. The molecule has 1 aromatic carbocycles. The zero-order valence-electron chi connectivity index (χ0n) is 10.5. The number of aromatic nitrogens is 2. The second kappa shape index (κ2) is 5.44. The van der Waals surface area contributed by atoms with E-state index in [4.69, 9.17) is 10.5 Å². The van der Waals surface area contributed by atoms with E-state index in [-0.39, 0.29) is 0 Å². The minimum Gasteiger partial charge on any atom is -0.491 e. The maximum atomic E-state index is 5.94. The van der Waals surface area contributed by atoms with Crippen molar-refractivity contribution in [1.29, 1.82) is 0 Å². The number of hydrogen-bond donors (Lipinski definition) is 1. The van der Waals surface area contributed by atoms with Crippen LogP contribution in [0.5, 0.6) is 5.75 Å². The number of aryl methyl sites for hydroxylation is 2. The van der Waals surface area contributed by atoms with Gasteiger partial charge >= 0.3 is 0 Å². The lowest BCUT2D eigenvalue weighted by molar-refractivity contribution is 0.318. The van der Waals surface area contributed by atoms with E-state index in [1.165, 1.54) is 0 Å². The van der Waals surface area contributed by atoms with Gasteiger partial charge in [-0.2, -0.15) is 5.10 Å². The predicted octanol–water partition coefficient (Wildman–Crippen LogP) is 2.69. The third-order valence-electron chi connectivity index (χ3n) is 2.80. The molecule has 5 heteroatoms. The highest BCUT2D eigenvalue weighted by atomic mass is 79.9. The first-order chi connectivity index (χ1) is 8.58. The Morgan fingerprint density at radius 1 is 1.44 bits per heavy atom. The lowest BCUT2D eigenvalue weighted by Crippen LogP contribution is -2.07. The number of nitrogens with zero attached hydrogens (tertiary/aromatic N) is 2. The van der Waals surface area contributed by atoms with Crippen LogP contribution in [0.15, 0.2) is 28.9 Å². The van der Waals surface area contributed by atoms with Gasteiger partial charge in [0.05, 0.1) is 12.3 Å². The zero-order valence-corrected chi connectivity index (χ0v) is 12.1. The number of hydrogen-bond acceptors (Lipinski definition) is 3. The predicted molar refractivity (Wildman–Crippen MR) is 75.7 cm³/mol. The highest BCUT2D eigenvalue weighted by molar-refractivity contribution is 9.10. The molecule has 2 rings (SSSR count). The molecule has 0 saturated carbocycles. The van der Waals surface area contributed by atoms with Crippen LogP contribution in [-0.2, 0) is 13.5 Å². The zero-order chi connectivity index (χ0) is 13.1. The highest BCUT2D eigenvalue weighted by Gasteiger charge is 2.07. The number of nitrogen functional groups attached to an aromatic ring is 1. The molecular weight excluding hydrogens is 294 g/mol. The van der Waals surface area contributed by atoms with Crippen LogP contribution in [0.4, 0.5) is 5.69 Å². The average molecular weight is 310 g/mol. The molecule has 0 radical (unpaired) electrons. The molecule has 4 nitrogen and oxygen atoms in total. The summed E-state index contributed by atoms with van der Waals surface area (Å²) in [7, 11) is 1.93. The fourth-order valence-corrected chi connectivity index (χ4v) is 2.45. The van der Waals surface area contributed by atoms with E-state index in [1.54, 1.807) is 6.20 Å². The summed E-state index contributed by atoms with van der Waals surface area (Å²) in [5.41, 5.74) is 8.77. The number of halogens is 1. The van der Waals surface area contributed by atoms with Crippen molar-refractivity contribution >= 4 is 21.6 Å². The van der Waals surface area contributed by atoms with Gasteiger partial charge < -0.3 is 10.5 Å². The van der Waals surface area contributed by atoms with E-state index < -0.39 is 0 Å². The van der Waals surface area contributed by atoms with Crippen molar-refractivity contribution in [3.63, 3.8) is 0 Å². The van der Waals surface area contributed by atoms with Crippen molar-refractivity contribution in [3.05, 3.63) is 40.1 Å². The summed E-state index contributed by atoms with van der Waals surface area (Å²) in [5, 5.41) is 4.12. The van der Waals surface area contributed by atoms with Gasteiger partial charge in [0.1, 0.15) is 5.75 Å². The molecule has 0 atom stereocenters. The van der Waals surface area contributed by atoms with Crippen LogP contribution in [0.25, 0.3) is 0 Å². The largest absolute Gasteiger partial charge is 0.491 e. The second-order valence-corrected chi connectivity index (χ2v) is 5.10. The molecule has 0 unspecified atom stereocenters. The molecular formula is C13H16BrN3O. The first kappa shape index (κ1) is 13.0. The lowest BCUT2D eigenvalue weighted by Gasteiger charge is -2.12. The number of anilines is 1. The van der Waals surface area contributed by atoms with Gasteiger partial charge in [0.2, 0.25) is 0 Å². The van der Waals surface area contributed by atoms with Gasteiger partial charge in [-0.1, -0.05) is 15.9 Å². The Kier molecular flexibility index (Phi) is 3.91. The maximum absolute atomic E-state index is 5.94. The minimum absolute atomic E-state index is 0.589. The molecule has 96 valence electrons. The summed E-state index contributed by atoms with van der Waals surface area (Å²) in [6, 6.07) is 5.84. The Morgan fingerprint density at radius 2 is 2.22 bits per heavy atom. The maximum Gasteiger partial charge on any atom is 0.145 e. The van der Waals surface area contributed by atoms with Crippen LogP contribution >= 0.6 is 15.9 Å². The summed E-state index contributed by atoms with van der Waals surface area (Å²) in [4.78, 5) is 0. The first-order valence-corrected chi connectivity index (χ1v) is 6.52. The first-order valence-electron chi connectivity index (χ1n) is 5.73. The van der Waals surface area contributed by atoms with Gasteiger partial charge in [-0.3, -0.25) is 4.68 Å². The summed E-state index contributed by atoms with van der Waals surface area (Å²) in [5.74, 6) is 0.764. The molecule has 0 saturated heterocycles. The molecule has 0 fully saturated rings. The highest BCUT2D eigenvalue weighted by Crippen LogP contribution is 2.30. The number of nitrogens with two attached hydrogens (primary N) is 1. The second-order valence-electron chi connectivity index (χ2n) is 4.19. The van der Waals surface area contributed by atoms with Crippen LogP contribution in [0.3, 0.4) is 0 Å². The van der Waals surface area contributed by atoms with Crippen molar-refractivity contribution in [2.45, 2.75) is 13.3 Å². The summed E-state index contributed by atoms with van der Waals surface area (Å²) in [6.45, 7) is 2.58. The molecule has 0 aliphatic heterocycles. The SMILES string of the molecule is Cc1cc(Br)cc(N)c1OCCc1ccnn1C. The molecule has 0 amide bonds. The van der Waals surface area contributed by atoms with Crippen molar-refractivity contribution in [2.75, 3.05) is 12.3 Å². The van der Waals surface area contributed by atoms with Crippen LogP contribution in [-0.4, -0.2) is 16.4 Å². The molecule has 0 bridgehead atoms. The normalized spacial score (nSPS) is 10.6. The van der Waals surface area contributed by atoms with Crippen LogP contribution in [0.2, 0.25) is 0 Å². The fourth-order valence-electron chi connectivity index (χ4n) is 1.86. The van der Waals surface area contributed by atoms with Gasteiger partial charge in [-0.15, -0.1) is 0 Å². The monoisotopic (exact) mass is 309 g/mol. The van der Waals surface area contributed by atoms with Gasteiger partial charge in [-0.25, -0.2) is 0 Å². The molecule has 1 heterocycles. The molecule has 2 aromatic rings. The minimum atomic E-state index is 0.589. The Bertz CT molecular complexity index is 528. The van der Waals surface area contributed by atoms with Gasteiger partial charge in [0.25, 0.3) is 0 Å². The lowest BCUT2D eigenvalue weighted by atomic mass is 10.2. The quantitative estimate of drug-likeness (QED) is 0.883.